The van der Waals surface area contributed by atoms with Gasteiger partial charge in [0.15, 0.2) is 0 Å². The monoisotopic (exact) mass is 273 g/mol. The molecular weight excluding hydrogens is 258 g/mol. The van der Waals surface area contributed by atoms with Crippen molar-refractivity contribution in [1.29, 1.82) is 0 Å². The van der Waals surface area contributed by atoms with Gasteiger partial charge in [0.25, 0.3) is 0 Å². The lowest BCUT2D eigenvalue weighted by atomic mass is 9.99. The average molecular weight is 274 g/mol. The van der Waals surface area contributed by atoms with Gasteiger partial charge in [-0.15, -0.1) is 0 Å². The molecule has 0 aliphatic carbocycles. The summed E-state index contributed by atoms with van der Waals surface area (Å²) in [6, 6.07) is 12.3. The molecule has 0 radical (unpaired) electrons. The van der Waals surface area contributed by atoms with E-state index in [-0.39, 0.29) is 6.04 Å². The van der Waals surface area contributed by atoms with Crippen LogP contribution in [0, 0.1) is 0 Å². The largest absolute Gasteiger partial charge is 0.493 e. The van der Waals surface area contributed by atoms with Crippen molar-refractivity contribution in [1.82, 2.24) is 0 Å². The Morgan fingerprint density at radius 3 is 2.63 bits per heavy atom. The highest BCUT2D eigenvalue weighted by atomic mass is 35.5. The van der Waals surface area contributed by atoms with E-state index in [1.807, 2.05) is 25.1 Å². The summed E-state index contributed by atoms with van der Waals surface area (Å²) in [5, 5.41) is 0.726. The van der Waals surface area contributed by atoms with Crippen molar-refractivity contribution in [3.05, 3.63) is 52.5 Å². The van der Waals surface area contributed by atoms with Gasteiger partial charge in [0.2, 0.25) is 0 Å². The van der Waals surface area contributed by atoms with Gasteiger partial charge < -0.3 is 10.5 Å². The van der Waals surface area contributed by atoms with Gasteiger partial charge >= 0.3 is 0 Å². The van der Waals surface area contributed by atoms with Crippen LogP contribution in [0.5, 0.6) is 5.75 Å². The Kier molecular flexibility index (Phi) is 3.21. The molecule has 1 atom stereocenters. The van der Waals surface area contributed by atoms with Crippen molar-refractivity contribution in [3.8, 4) is 16.9 Å². The minimum atomic E-state index is -0.0463. The van der Waals surface area contributed by atoms with Crippen LogP contribution in [0.15, 0.2) is 36.4 Å². The number of rotatable bonds is 2. The van der Waals surface area contributed by atoms with Gasteiger partial charge in [-0.05, 0) is 47.4 Å². The Hall–Kier alpha value is -1.51. The number of halogens is 1. The molecule has 2 N–H and O–H groups in total. The van der Waals surface area contributed by atoms with Crippen molar-refractivity contribution < 1.29 is 4.74 Å². The summed E-state index contributed by atoms with van der Waals surface area (Å²) in [5.74, 6) is 1.00. The van der Waals surface area contributed by atoms with Gasteiger partial charge in [-0.1, -0.05) is 29.8 Å². The third kappa shape index (κ3) is 2.34. The zero-order chi connectivity index (χ0) is 13.4. The maximum atomic E-state index is 6.29. The van der Waals surface area contributed by atoms with Crippen LogP contribution in [-0.4, -0.2) is 6.61 Å². The standard InChI is InChI=1S/C16H16ClNO/c1-10(18)14-4-2-12(9-15(14)17)11-3-5-16-13(8-11)6-7-19-16/h2-5,8-10H,6-7,18H2,1H3. The van der Waals surface area contributed by atoms with E-state index in [9.17, 15) is 0 Å². The molecule has 1 aliphatic heterocycles. The summed E-state index contributed by atoms with van der Waals surface area (Å²) in [7, 11) is 0. The number of benzene rings is 2. The van der Waals surface area contributed by atoms with Gasteiger partial charge in [-0.25, -0.2) is 0 Å². The zero-order valence-corrected chi connectivity index (χ0v) is 11.6. The van der Waals surface area contributed by atoms with E-state index >= 15 is 0 Å². The SMILES string of the molecule is CC(N)c1ccc(-c2ccc3c(c2)CCO3)cc1Cl. The Morgan fingerprint density at radius 2 is 1.89 bits per heavy atom. The second kappa shape index (κ2) is 4.87. The summed E-state index contributed by atoms with van der Waals surface area (Å²) in [6.07, 6.45) is 0.981. The lowest BCUT2D eigenvalue weighted by Gasteiger charge is -2.11. The molecule has 0 bridgehead atoms. The minimum Gasteiger partial charge on any atom is -0.493 e. The molecule has 0 saturated heterocycles. The molecule has 3 rings (SSSR count). The highest BCUT2D eigenvalue weighted by Crippen LogP contribution is 2.33. The van der Waals surface area contributed by atoms with E-state index in [2.05, 4.69) is 18.2 Å². The van der Waals surface area contributed by atoms with E-state index in [0.717, 1.165) is 34.9 Å². The summed E-state index contributed by atoms with van der Waals surface area (Å²) >= 11 is 6.29. The Labute approximate surface area is 118 Å². The van der Waals surface area contributed by atoms with E-state index in [4.69, 9.17) is 22.1 Å². The second-order valence-electron chi connectivity index (χ2n) is 4.95. The van der Waals surface area contributed by atoms with Crippen molar-refractivity contribution in [3.63, 3.8) is 0 Å². The topological polar surface area (TPSA) is 35.2 Å². The first kappa shape index (κ1) is 12.5. The van der Waals surface area contributed by atoms with Crippen LogP contribution in [0.1, 0.15) is 24.1 Å². The molecule has 0 fully saturated rings. The first-order chi connectivity index (χ1) is 9.15. The predicted octanol–water partition coefficient (Wildman–Crippen LogP) is 3.96. The van der Waals surface area contributed by atoms with Gasteiger partial charge in [0, 0.05) is 17.5 Å². The van der Waals surface area contributed by atoms with Crippen LogP contribution in [0.4, 0.5) is 0 Å². The molecule has 2 aromatic carbocycles. The molecule has 3 heteroatoms. The molecule has 19 heavy (non-hydrogen) atoms. The van der Waals surface area contributed by atoms with E-state index in [1.165, 1.54) is 11.1 Å². The number of hydrogen-bond donors (Lipinski definition) is 1. The molecule has 1 aliphatic rings. The quantitative estimate of drug-likeness (QED) is 0.899. The maximum absolute atomic E-state index is 6.29. The fourth-order valence-corrected chi connectivity index (χ4v) is 2.79. The zero-order valence-electron chi connectivity index (χ0n) is 10.8. The van der Waals surface area contributed by atoms with Crippen LogP contribution >= 0.6 is 11.6 Å². The highest BCUT2D eigenvalue weighted by molar-refractivity contribution is 6.31. The van der Waals surface area contributed by atoms with E-state index < -0.39 is 0 Å². The lowest BCUT2D eigenvalue weighted by molar-refractivity contribution is 0.357. The number of nitrogens with two attached hydrogens (primary N) is 1. The number of hydrogen-bond acceptors (Lipinski definition) is 2. The van der Waals surface area contributed by atoms with E-state index in [1.54, 1.807) is 0 Å². The molecular formula is C16H16ClNO. The predicted molar refractivity (Wildman–Crippen MR) is 78.7 cm³/mol. The molecule has 1 heterocycles. The minimum absolute atomic E-state index is 0.0463. The lowest BCUT2D eigenvalue weighted by Crippen LogP contribution is -2.05. The van der Waals surface area contributed by atoms with Crippen LogP contribution in [0.2, 0.25) is 5.02 Å². The van der Waals surface area contributed by atoms with Crippen LogP contribution < -0.4 is 10.5 Å². The van der Waals surface area contributed by atoms with Crippen molar-refractivity contribution >= 4 is 11.6 Å². The maximum Gasteiger partial charge on any atom is 0.122 e. The van der Waals surface area contributed by atoms with Crippen molar-refractivity contribution in [2.75, 3.05) is 6.61 Å². The fraction of sp³-hybridized carbons (Fsp3) is 0.250. The fourth-order valence-electron chi connectivity index (χ4n) is 2.44. The van der Waals surface area contributed by atoms with Crippen LogP contribution in [0.3, 0.4) is 0 Å². The highest BCUT2D eigenvalue weighted by Gasteiger charge is 2.13. The Bertz CT molecular complexity index is 622. The first-order valence-electron chi connectivity index (χ1n) is 6.46. The molecule has 2 nitrogen and oxygen atoms in total. The second-order valence-corrected chi connectivity index (χ2v) is 5.35. The third-order valence-electron chi connectivity index (χ3n) is 3.51. The summed E-state index contributed by atoms with van der Waals surface area (Å²) in [6.45, 7) is 2.72. The van der Waals surface area contributed by atoms with E-state index in [0.29, 0.717) is 0 Å². The van der Waals surface area contributed by atoms with Crippen LogP contribution in [0.25, 0.3) is 11.1 Å². The van der Waals surface area contributed by atoms with Crippen LogP contribution in [-0.2, 0) is 6.42 Å². The molecule has 0 aromatic heterocycles. The normalized spacial score (nSPS) is 14.9. The summed E-state index contributed by atoms with van der Waals surface area (Å²) in [5.41, 5.74) is 10.4. The smallest absolute Gasteiger partial charge is 0.122 e. The molecule has 1 unspecified atom stereocenters. The van der Waals surface area contributed by atoms with Gasteiger partial charge in [-0.3, -0.25) is 0 Å². The summed E-state index contributed by atoms with van der Waals surface area (Å²) in [4.78, 5) is 0. The Morgan fingerprint density at radius 1 is 1.16 bits per heavy atom. The van der Waals surface area contributed by atoms with Gasteiger partial charge in [0.1, 0.15) is 5.75 Å². The molecule has 0 saturated carbocycles. The van der Waals surface area contributed by atoms with Crippen molar-refractivity contribution in [2.45, 2.75) is 19.4 Å². The number of fused-ring (bicyclic) bond motifs is 1. The first-order valence-corrected chi connectivity index (χ1v) is 6.84. The molecule has 98 valence electrons. The molecule has 0 amide bonds. The van der Waals surface area contributed by atoms with Gasteiger partial charge in [0.05, 0.1) is 6.61 Å². The molecule has 0 spiro atoms. The summed E-state index contributed by atoms with van der Waals surface area (Å²) < 4.78 is 5.52. The molecule has 2 aromatic rings. The van der Waals surface area contributed by atoms with Crippen molar-refractivity contribution in [2.24, 2.45) is 5.73 Å². The third-order valence-corrected chi connectivity index (χ3v) is 3.84. The van der Waals surface area contributed by atoms with Gasteiger partial charge in [-0.2, -0.15) is 0 Å². The Balaban J connectivity index is 2.00. The number of ether oxygens (including phenoxy) is 1. The average Bonchev–Trinajstić information content (AvgIpc) is 2.85.